The Morgan fingerprint density at radius 3 is 3.06 bits per heavy atom. The molecule has 1 aromatic heterocycles. The fourth-order valence-electron chi connectivity index (χ4n) is 2.14. The van der Waals surface area contributed by atoms with Crippen molar-refractivity contribution >= 4 is 17.4 Å². The van der Waals surface area contributed by atoms with Crippen LogP contribution in [0.15, 0.2) is 6.20 Å². The molecule has 0 saturated carbocycles. The van der Waals surface area contributed by atoms with Crippen molar-refractivity contribution in [3.05, 3.63) is 17.0 Å². The lowest BCUT2D eigenvalue weighted by Crippen LogP contribution is -2.49. The molecule has 4 nitrogen and oxygen atoms in total. The summed E-state index contributed by atoms with van der Waals surface area (Å²) < 4.78 is 5.69. The molecule has 0 amide bonds. The van der Waals surface area contributed by atoms with Crippen molar-refractivity contribution in [3.8, 4) is 0 Å². The summed E-state index contributed by atoms with van der Waals surface area (Å²) in [4.78, 5) is 10.6. The second kappa shape index (κ2) is 5.19. The zero-order chi connectivity index (χ0) is 12.4. The number of anilines is 1. The lowest BCUT2D eigenvalue weighted by molar-refractivity contribution is 0.0295. The largest absolute Gasteiger partial charge is 0.375 e. The van der Waals surface area contributed by atoms with E-state index in [4.69, 9.17) is 16.3 Å². The van der Waals surface area contributed by atoms with Crippen LogP contribution in [-0.4, -0.2) is 35.3 Å². The first kappa shape index (κ1) is 12.6. The highest BCUT2D eigenvalue weighted by Gasteiger charge is 2.27. The summed E-state index contributed by atoms with van der Waals surface area (Å²) in [5, 5.41) is 0.305. The summed E-state index contributed by atoms with van der Waals surface area (Å²) in [5.41, 5.74) is 1.06. The Bertz CT molecular complexity index is 399. The molecule has 94 valence electrons. The molecule has 17 heavy (non-hydrogen) atoms. The molecule has 2 atom stereocenters. The quantitative estimate of drug-likeness (QED) is 0.761. The molecule has 1 aromatic rings. The van der Waals surface area contributed by atoms with Gasteiger partial charge in [-0.05, 0) is 31.9 Å². The molecule has 1 saturated heterocycles. The molecule has 1 aliphatic heterocycles. The van der Waals surface area contributed by atoms with Crippen LogP contribution in [0.25, 0.3) is 0 Å². The smallest absolute Gasteiger partial charge is 0.224 e. The number of aryl methyl sites for hydroxylation is 1. The van der Waals surface area contributed by atoms with Gasteiger partial charge < -0.3 is 9.64 Å². The highest BCUT2D eigenvalue weighted by Crippen LogP contribution is 2.25. The van der Waals surface area contributed by atoms with Crippen molar-refractivity contribution in [1.82, 2.24) is 9.97 Å². The van der Waals surface area contributed by atoms with Crippen molar-refractivity contribution < 1.29 is 4.74 Å². The Hall–Kier alpha value is -0.870. The van der Waals surface area contributed by atoms with Gasteiger partial charge in [-0.25, -0.2) is 9.97 Å². The Labute approximate surface area is 107 Å². The molecule has 2 heterocycles. The SMILES string of the molecule is CCC1COC(C)CN1c1nc(Cl)ncc1C. The summed E-state index contributed by atoms with van der Waals surface area (Å²) in [6.07, 6.45) is 3.04. The van der Waals surface area contributed by atoms with Gasteiger partial charge in [0.25, 0.3) is 0 Å². The maximum atomic E-state index is 5.88. The van der Waals surface area contributed by atoms with Crippen LogP contribution in [-0.2, 0) is 4.74 Å². The van der Waals surface area contributed by atoms with E-state index in [0.29, 0.717) is 11.3 Å². The van der Waals surface area contributed by atoms with Crippen LogP contribution < -0.4 is 4.90 Å². The lowest BCUT2D eigenvalue weighted by atomic mass is 10.1. The Morgan fingerprint density at radius 1 is 1.59 bits per heavy atom. The summed E-state index contributed by atoms with van der Waals surface area (Å²) in [6, 6.07) is 0.371. The first-order valence-corrected chi connectivity index (χ1v) is 6.37. The van der Waals surface area contributed by atoms with Crippen LogP contribution in [0.5, 0.6) is 0 Å². The van der Waals surface area contributed by atoms with Gasteiger partial charge in [0.2, 0.25) is 5.28 Å². The van der Waals surface area contributed by atoms with Gasteiger partial charge in [0.1, 0.15) is 5.82 Å². The summed E-state index contributed by atoms with van der Waals surface area (Å²) in [6.45, 7) is 7.86. The van der Waals surface area contributed by atoms with Gasteiger partial charge in [-0.15, -0.1) is 0 Å². The number of rotatable bonds is 2. The average Bonchev–Trinajstić information content (AvgIpc) is 2.32. The molecular weight excluding hydrogens is 238 g/mol. The number of aromatic nitrogens is 2. The first-order valence-electron chi connectivity index (χ1n) is 5.99. The van der Waals surface area contributed by atoms with Crippen LogP contribution in [0.1, 0.15) is 25.8 Å². The molecule has 0 bridgehead atoms. The Morgan fingerprint density at radius 2 is 2.35 bits per heavy atom. The molecule has 5 heteroatoms. The minimum absolute atomic E-state index is 0.228. The van der Waals surface area contributed by atoms with Gasteiger partial charge in [-0.3, -0.25) is 0 Å². The van der Waals surface area contributed by atoms with E-state index in [2.05, 4.69) is 28.7 Å². The van der Waals surface area contributed by atoms with E-state index in [9.17, 15) is 0 Å². The van der Waals surface area contributed by atoms with E-state index in [1.807, 2.05) is 6.92 Å². The van der Waals surface area contributed by atoms with E-state index in [1.165, 1.54) is 0 Å². The standard InChI is InChI=1S/C12H18ClN3O/c1-4-10-7-17-9(3)6-16(10)11-8(2)5-14-12(13)15-11/h5,9-10H,4,6-7H2,1-3H3. The van der Waals surface area contributed by atoms with Crippen LogP contribution in [0.2, 0.25) is 5.28 Å². The van der Waals surface area contributed by atoms with E-state index < -0.39 is 0 Å². The number of morpholine rings is 1. The molecule has 0 radical (unpaired) electrons. The Kier molecular flexibility index (Phi) is 3.84. The van der Waals surface area contributed by atoms with Crippen LogP contribution in [0.4, 0.5) is 5.82 Å². The molecular formula is C12H18ClN3O. The van der Waals surface area contributed by atoms with Crippen LogP contribution in [0, 0.1) is 6.92 Å². The fraction of sp³-hybridized carbons (Fsp3) is 0.667. The molecule has 0 aromatic carbocycles. The lowest BCUT2D eigenvalue weighted by Gasteiger charge is -2.39. The van der Waals surface area contributed by atoms with Crippen molar-refractivity contribution in [1.29, 1.82) is 0 Å². The van der Waals surface area contributed by atoms with E-state index in [1.54, 1.807) is 6.20 Å². The summed E-state index contributed by atoms with van der Waals surface area (Å²) >= 11 is 5.88. The van der Waals surface area contributed by atoms with Crippen LogP contribution >= 0.6 is 11.6 Å². The fourth-order valence-corrected chi connectivity index (χ4v) is 2.27. The van der Waals surface area contributed by atoms with Crippen molar-refractivity contribution in [2.24, 2.45) is 0 Å². The number of hydrogen-bond acceptors (Lipinski definition) is 4. The van der Waals surface area contributed by atoms with Gasteiger partial charge in [0, 0.05) is 18.3 Å². The maximum Gasteiger partial charge on any atom is 0.224 e. The molecule has 0 aliphatic carbocycles. The third-order valence-electron chi connectivity index (χ3n) is 3.13. The Balaban J connectivity index is 2.31. The molecule has 2 rings (SSSR count). The molecule has 1 aliphatic rings. The minimum Gasteiger partial charge on any atom is -0.375 e. The third-order valence-corrected chi connectivity index (χ3v) is 3.31. The van der Waals surface area contributed by atoms with Crippen LogP contribution in [0.3, 0.4) is 0 Å². The van der Waals surface area contributed by atoms with Crippen molar-refractivity contribution in [3.63, 3.8) is 0 Å². The van der Waals surface area contributed by atoms with Gasteiger partial charge in [0.05, 0.1) is 18.8 Å². The highest BCUT2D eigenvalue weighted by atomic mass is 35.5. The monoisotopic (exact) mass is 255 g/mol. The maximum absolute atomic E-state index is 5.88. The zero-order valence-electron chi connectivity index (χ0n) is 10.5. The van der Waals surface area contributed by atoms with E-state index >= 15 is 0 Å². The predicted molar refractivity (Wildman–Crippen MR) is 68.6 cm³/mol. The van der Waals surface area contributed by atoms with Gasteiger partial charge in [0.15, 0.2) is 0 Å². The number of hydrogen-bond donors (Lipinski definition) is 0. The van der Waals surface area contributed by atoms with Crippen molar-refractivity contribution in [2.45, 2.75) is 39.3 Å². The van der Waals surface area contributed by atoms with Crippen molar-refractivity contribution in [2.75, 3.05) is 18.1 Å². The van der Waals surface area contributed by atoms with Gasteiger partial charge in [-0.2, -0.15) is 0 Å². The number of nitrogens with zero attached hydrogens (tertiary/aromatic N) is 3. The summed E-state index contributed by atoms with van der Waals surface area (Å²) in [7, 11) is 0. The number of halogens is 1. The molecule has 2 unspecified atom stereocenters. The first-order chi connectivity index (χ1) is 8.11. The van der Waals surface area contributed by atoms with Gasteiger partial charge >= 0.3 is 0 Å². The zero-order valence-corrected chi connectivity index (χ0v) is 11.2. The topological polar surface area (TPSA) is 38.2 Å². The average molecular weight is 256 g/mol. The highest BCUT2D eigenvalue weighted by molar-refractivity contribution is 6.28. The molecule has 1 fully saturated rings. The second-order valence-corrected chi connectivity index (χ2v) is 4.84. The van der Waals surface area contributed by atoms with E-state index in [-0.39, 0.29) is 6.10 Å². The predicted octanol–water partition coefficient (Wildman–Crippen LogP) is 2.44. The minimum atomic E-state index is 0.228. The second-order valence-electron chi connectivity index (χ2n) is 4.50. The van der Waals surface area contributed by atoms with Gasteiger partial charge in [-0.1, -0.05) is 6.92 Å². The van der Waals surface area contributed by atoms with E-state index in [0.717, 1.165) is 31.0 Å². The molecule has 0 spiro atoms. The third kappa shape index (κ3) is 2.69. The normalized spacial score (nSPS) is 25.1. The summed E-state index contributed by atoms with van der Waals surface area (Å²) in [5.74, 6) is 0.937. The molecule has 0 N–H and O–H groups in total. The number of ether oxygens (including phenoxy) is 1.